The van der Waals surface area contributed by atoms with Crippen LogP contribution in [0.4, 0.5) is 4.39 Å². The summed E-state index contributed by atoms with van der Waals surface area (Å²) in [4.78, 5) is 3.59. The number of rotatable bonds is 5. The lowest BCUT2D eigenvalue weighted by molar-refractivity contribution is 0.0511. The fraction of sp³-hybridized carbons (Fsp3) is 0.133. The van der Waals surface area contributed by atoms with E-state index in [0.29, 0.717) is 0 Å². The number of ether oxygens (including phenoxy) is 2. The minimum absolute atomic E-state index is 0.233. The number of methoxy groups -OCH3 is 1. The molecule has 98 valence electrons. The van der Waals surface area contributed by atoms with Gasteiger partial charge in [-0.05, 0) is 35.4 Å². The van der Waals surface area contributed by atoms with Crippen molar-refractivity contribution in [3.63, 3.8) is 0 Å². The lowest BCUT2D eigenvalue weighted by Gasteiger charge is -2.04. The van der Waals surface area contributed by atoms with Crippen LogP contribution in [-0.4, -0.2) is 18.9 Å². The zero-order valence-electron chi connectivity index (χ0n) is 10.5. The summed E-state index contributed by atoms with van der Waals surface area (Å²) in [6.45, 7) is 0.233. The second kappa shape index (κ2) is 6.66. The number of halogens is 1. The Hall–Kier alpha value is -2.20. The molecule has 0 aliphatic rings. The second-order valence-electron chi connectivity index (χ2n) is 3.87. The van der Waals surface area contributed by atoms with E-state index in [1.165, 1.54) is 12.3 Å². The fourth-order valence-corrected chi connectivity index (χ4v) is 1.48. The molecule has 1 aromatic heterocycles. The topological polar surface area (TPSA) is 31.4 Å². The SMILES string of the molecule is COCOc1ccc(C=Cc2ccc(F)nc2)cc1. The summed E-state index contributed by atoms with van der Waals surface area (Å²) in [5.41, 5.74) is 1.87. The fourth-order valence-electron chi connectivity index (χ4n) is 1.48. The van der Waals surface area contributed by atoms with Gasteiger partial charge in [-0.15, -0.1) is 0 Å². The maximum Gasteiger partial charge on any atom is 0.212 e. The van der Waals surface area contributed by atoms with Crippen LogP contribution in [0.25, 0.3) is 12.2 Å². The molecule has 0 bridgehead atoms. The quantitative estimate of drug-likeness (QED) is 0.609. The van der Waals surface area contributed by atoms with Gasteiger partial charge in [-0.2, -0.15) is 4.39 Å². The summed E-state index contributed by atoms with van der Waals surface area (Å²) in [5, 5.41) is 0. The highest BCUT2D eigenvalue weighted by molar-refractivity contribution is 5.69. The normalized spacial score (nSPS) is 10.8. The smallest absolute Gasteiger partial charge is 0.212 e. The average Bonchev–Trinajstić information content (AvgIpc) is 2.46. The van der Waals surface area contributed by atoms with Gasteiger partial charge in [-0.3, -0.25) is 0 Å². The van der Waals surface area contributed by atoms with Gasteiger partial charge in [0.05, 0.1) is 0 Å². The Bertz CT molecular complexity index is 535. The van der Waals surface area contributed by atoms with E-state index in [-0.39, 0.29) is 6.79 Å². The predicted octanol–water partition coefficient (Wildman–Crippen LogP) is 3.37. The number of benzene rings is 1. The van der Waals surface area contributed by atoms with E-state index in [0.717, 1.165) is 16.9 Å². The summed E-state index contributed by atoms with van der Waals surface area (Å²) in [6.07, 6.45) is 5.29. The standard InChI is InChI=1S/C15H14FNO2/c1-18-11-19-14-7-4-12(5-8-14)2-3-13-6-9-15(16)17-10-13/h2-10H,11H2,1H3. The minimum Gasteiger partial charge on any atom is -0.468 e. The summed E-state index contributed by atoms with van der Waals surface area (Å²) < 4.78 is 22.7. The van der Waals surface area contributed by atoms with Crippen LogP contribution in [0.5, 0.6) is 5.75 Å². The van der Waals surface area contributed by atoms with Crippen molar-refractivity contribution >= 4 is 12.2 Å². The van der Waals surface area contributed by atoms with Crippen LogP contribution >= 0.6 is 0 Å². The molecule has 3 nitrogen and oxygen atoms in total. The van der Waals surface area contributed by atoms with Crippen LogP contribution in [0.1, 0.15) is 11.1 Å². The molecule has 19 heavy (non-hydrogen) atoms. The number of hydrogen-bond acceptors (Lipinski definition) is 3. The maximum atomic E-state index is 12.6. The summed E-state index contributed by atoms with van der Waals surface area (Å²) in [6, 6.07) is 10.6. The molecule has 0 aliphatic heterocycles. The highest BCUT2D eigenvalue weighted by Crippen LogP contribution is 2.14. The third kappa shape index (κ3) is 4.19. The molecule has 0 amide bonds. The zero-order valence-corrected chi connectivity index (χ0v) is 10.5. The van der Waals surface area contributed by atoms with Crippen LogP contribution < -0.4 is 4.74 Å². The van der Waals surface area contributed by atoms with Gasteiger partial charge in [0.2, 0.25) is 5.95 Å². The Balaban J connectivity index is 2.00. The number of aromatic nitrogens is 1. The molecule has 1 aromatic carbocycles. The Morgan fingerprint density at radius 2 is 1.74 bits per heavy atom. The second-order valence-corrected chi connectivity index (χ2v) is 3.87. The molecule has 0 saturated carbocycles. The van der Waals surface area contributed by atoms with E-state index in [9.17, 15) is 4.39 Å². The Kier molecular flexibility index (Phi) is 4.64. The first-order valence-corrected chi connectivity index (χ1v) is 5.79. The Morgan fingerprint density at radius 3 is 2.37 bits per heavy atom. The van der Waals surface area contributed by atoms with Crippen molar-refractivity contribution in [3.05, 3.63) is 59.7 Å². The molecule has 0 atom stereocenters. The summed E-state index contributed by atoms with van der Waals surface area (Å²) in [7, 11) is 1.58. The maximum absolute atomic E-state index is 12.6. The molecule has 0 saturated heterocycles. The van der Waals surface area contributed by atoms with Crippen molar-refractivity contribution in [2.24, 2.45) is 0 Å². The predicted molar refractivity (Wildman–Crippen MR) is 72.1 cm³/mol. The molecule has 0 spiro atoms. The molecule has 2 rings (SSSR count). The van der Waals surface area contributed by atoms with Crippen molar-refractivity contribution in [2.75, 3.05) is 13.9 Å². The number of pyridine rings is 1. The Morgan fingerprint density at radius 1 is 1.05 bits per heavy atom. The van der Waals surface area contributed by atoms with Crippen molar-refractivity contribution in [2.45, 2.75) is 0 Å². The molecular weight excluding hydrogens is 245 g/mol. The van der Waals surface area contributed by atoms with Gasteiger partial charge in [-0.1, -0.05) is 24.3 Å². The molecule has 0 radical (unpaired) electrons. The first kappa shape index (κ1) is 13.2. The van der Waals surface area contributed by atoms with Gasteiger partial charge in [0.25, 0.3) is 0 Å². The van der Waals surface area contributed by atoms with Crippen LogP contribution in [-0.2, 0) is 4.74 Å². The average molecular weight is 259 g/mol. The van der Waals surface area contributed by atoms with E-state index in [4.69, 9.17) is 9.47 Å². The van der Waals surface area contributed by atoms with E-state index in [1.807, 2.05) is 36.4 Å². The molecular formula is C15H14FNO2. The molecule has 0 unspecified atom stereocenters. The molecule has 0 fully saturated rings. The number of hydrogen-bond donors (Lipinski definition) is 0. The van der Waals surface area contributed by atoms with E-state index < -0.39 is 5.95 Å². The van der Waals surface area contributed by atoms with Gasteiger partial charge in [0.15, 0.2) is 6.79 Å². The van der Waals surface area contributed by atoms with Gasteiger partial charge in [-0.25, -0.2) is 4.98 Å². The summed E-state index contributed by atoms with van der Waals surface area (Å²) >= 11 is 0. The zero-order chi connectivity index (χ0) is 13.5. The van der Waals surface area contributed by atoms with Crippen molar-refractivity contribution in [1.82, 2.24) is 4.98 Å². The molecule has 1 heterocycles. The summed E-state index contributed by atoms with van der Waals surface area (Å²) in [5.74, 6) is 0.277. The van der Waals surface area contributed by atoms with Crippen molar-refractivity contribution in [1.29, 1.82) is 0 Å². The lowest BCUT2D eigenvalue weighted by atomic mass is 10.1. The third-order valence-electron chi connectivity index (χ3n) is 2.44. The monoisotopic (exact) mass is 259 g/mol. The van der Waals surface area contributed by atoms with Crippen molar-refractivity contribution in [3.8, 4) is 5.75 Å². The van der Waals surface area contributed by atoms with Crippen LogP contribution in [0, 0.1) is 5.95 Å². The van der Waals surface area contributed by atoms with Crippen LogP contribution in [0.2, 0.25) is 0 Å². The van der Waals surface area contributed by atoms with E-state index in [1.54, 1.807) is 13.2 Å². The van der Waals surface area contributed by atoms with Crippen LogP contribution in [0.15, 0.2) is 42.6 Å². The van der Waals surface area contributed by atoms with E-state index in [2.05, 4.69) is 4.98 Å². The van der Waals surface area contributed by atoms with Gasteiger partial charge >= 0.3 is 0 Å². The van der Waals surface area contributed by atoms with Gasteiger partial charge < -0.3 is 9.47 Å². The molecule has 4 heteroatoms. The van der Waals surface area contributed by atoms with Gasteiger partial charge in [0.1, 0.15) is 5.75 Å². The lowest BCUT2D eigenvalue weighted by Crippen LogP contribution is -1.98. The largest absolute Gasteiger partial charge is 0.468 e. The van der Waals surface area contributed by atoms with Gasteiger partial charge in [0, 0.05) is 13.3 Å². The first-order chi connectivity index (χ1) is 9.28. The van der Waals surface area contributed by atoms with Crippen molar-refractivity contribution < 1.29 is 13.9 Å². The number of nitrogens with zero attached hydrogens (tertiary/aromatic N) is 1. The third-order valence-corrected chi connectivity index (χ3v) is 2.44. The minimum atomic E-state index is -0.475. The molecule has 2 aromatic rings. The Labute approximate surface area is 111 Å². The highest BCUT2D eigenvalue weighted by atomic mass is 19.1. The van der Waals surface area contributed by atoms with Crippen LogP contribution in [0.3, 0.4) is 0 Å². The highest BCUT2D eigenvalue weighted by Gasteiger charge is 1.94. The first-order valence-electron chi connectivity index (χ1n) is 5.79. The molecule has 0 aliphatic carbocycles. The molecule has 0 N–H and O–H groups in total. The van der Waals surface area contributed by atoms with E-state index >= 15 is 0 Å².